The smallest absolute Gasteiger partial charge is 0.344 e. The maximum atomic E-state index is 13.4. The second-order valence-electron chi connectivity index (χ2n) is 5.14. The van der Waals surface area contributed by atoms with Crippen molar-refractivity contribution in [1.82, 2.24) is 0 Å². The Hall–Kier alpha value is -2.47. The van der Waals surface area contributed by atoms with E-state index in [2.05, 4.69) is 15.9 Å². The number of ether oxygens (including phenoxy) is 1. The zero-order chi connectivity index (χ0) is 17.3. The molecule has 1 heterocycles. The molecule has 122 valence electrons. The first-order chi connectivity index (χ1) is 11.5. The summed E-state index contributed by atoms with van der Waals surface area (Å²) in [5.41, 5.74) is 1.37. The maximum absolute atomic E-state index is 13.4. The Labute approximate surface area is 145 Å². The van der Waals surface area contributed by atoms with Gasteiger partial charge >= 0.3 is 11.6 Å². The zero-order valence-electron chi connectivity index (χ0n) is 12.6. The number of alkyl halides is 1. The van der Waals surface area contributed by atoms with Crippen molar-refractivity contribution in [1.29, 1.82) is 0 Å². The van der Waals surface area contributed by atoms with Gasteiger partial charge in [-0.25, -0.2) is 9.18 Å². The van der Waals surface area contributed by atoms with Gasteiger partial charge in [-0.1, -0.05) is 28.1 Å². The van der Waals surface area contributed by atoms with E-state index in [0.717, 1.165) is 0 Å². The van der Waals surface area contributed by atoms with E-state index in [1.807, 2.05) is 0 Å². The number of benzene rings is 2. The van der Waals surface area contributed by atoms with E-state index in [9.17, 15) is 14.0 Å². The van der Waals surface area contributed by atoms with Crippen molar-refractivity contribution < 1.29 is 18.3 Å². The number of carbonyl (C=O) groups is 1. The molecule has 0 radical (unpaired) electrons. The fourth-order valence-electron chi connectivity index (χ4n) is 2.53. The minimum absolute atomic E-state index is 0.203. The summed E-state index contributed by atoms with van der Waals surface area (Å²) in [4.78, 5) is 23.4. The Morgan fingerprint density at radius 3 is 2.54 bits per heavy atom. The number of fused-ring (bicyclic) bond motifs is 1. The van der Waals surface area contributed by atoms with E-state index in [1.165, 1.54) is 19.1 Å². The molecule has 0 fully saturated rings. The molecular weight excluding hydrogens is 379 g/mol. The van der Waals surface area contributed by atoms with Gasteiger partial charge in [0.1, 0.15) is 17.1 Å². The van der Waals surface area contributed by atoms with Gasteiger partial charge in [0, 0.05) is 23.7 Å². The lowest BCUT2D eigenvalue weighted by Gasteiger charge is -2.10. The fraction of sp³-hybridized carbons (Fsp3) is 0.111. The van der Waals surface area contributed by atoms with Crippen molar-refractivity contribution in [2.75, 3.05) is 0 Å². The molecule has 2 aromatic carbocycles. The van der Waals surface area contributed by atoms with Crippen LogP contribution in [0.25, 0.3) is 22.1 Å². The van der Waals surface area contributed by atoms with Crippen LogP contribution in [-0.4, -0.2) is 5.97 Å². The number of carbonyl (C=O) groups excluding carboxylic acids is 1. The number of rotatable bonds is 3. The van der Waals surface area contributed by atoms with Crippen LogP contribution >= 0.6 is 15.9 Å². The minimum Gasteiger partial charge on any atom is -0.427 e. The van der Waals surface area contributed by atoms with Crippen molar-refractivity contribution in [2.24, 2.45) is 0 Å². The van der Waals surface area contributed by atoms with E-state index in [4.69, 9.17) is 9.15 Å². The Morgan fingerprint density at radius 2 is 1.92 bits per heavy atom. The molecule has 0 saturated heterocycles. The molecule has 0 aliphatic rings. The maximum Gasteiger partial charge on any atom is 0.344 e. The summed E-state index contributed by atoms with van der Waals surface area (Å²) in [5, 5.41) is 1.06. The Morgan fingerprint density at radius 1 is 1.21 bits per heavy atom. The van der Waals surface area contributed by atoms with Crippen LogP contribution in [0.5, 0.6) is 5.75 Å². The van der Waals surface area contributed by atoms with Gasteiger partial charge in [0.25, 0.3) is 0 Å². The third kappa shape index (κ3) is 3.10. The largest absolute Gasteiger partial charge is 0.427 e. The van der Waals surface area contributed by atoms with Crippen LogP contribution in [-0.2, 0) is 10.1 Å². The SMILES string of the molecule is CC(=O)Oc1ccc(-c2c(CBr)c3ccc(F)cc3oc2=O)cc1. The van der Waals surface area contributed by atoms with Gasteiger partial charge in [0.15, 0.2) is 0 Å². The first-order valence-electron chi connectivity index (χ1n) is 7.09. The number of hydrogen-bond acceptors (Lipinski definition) is 4. The summed E-state index contributed by atoms with van der Waals surface area (Å²) in [7, 11) is 0. The molecule has 0 bridgehead atoms. The molecule has 0 saturated carbocycles. The third-order valence-corrected chi connectivity index (χ3v) is 4.08. The number of halogens is 2. The molecule has 3 aromatic rings. The molecule has 3 rings (SSSR count). The molecule has 0 unspecified atom stereocenters. The van der Waals surface area contributed by atoms with Crippen LogP contribution in [0.4, 0.5) is 4.39 Å². The highest BCUT2D eigenvalue weighted by molar-refractivity contribution is 9.08. The summed E-state index contributed by atoms with van der Waals surface area (Å²) in [6.07, 6.45) is 0. The first-order valence-corrected chi connectivity index (χ1v) is 8.22. The lowest BCUT2D eigenvalue weighted by Crippen LogP contribution is -2.07. The average Bonchev–Trinajstić information content (AvgIpc) is 2.53. The molecule has 6 heteroatoms. The minimum atomic E-state index is -0.553. The molecule has 0 aliphatic heterocycles. The van der Waals surface area contributed by atoms with Crippen molar-refractivity contribution in [2.45, 2.75) is 12.3 Å². The van der Waals surface area contributed by atoms with Crippen LogP contribution in [0.3, 0.4) is 0 Å². The molecule has 4 nitrogen and oxygen atoms in total. The topological polar surface area (TPSA) is 56.5 Å². The summed E-state index contributed by atoms with van der Waals surface area (Å²) in [6.45, 7) is 1.31. The number of hydrogen-bond donors (Lipinski definition) is 0. The third-order valence-electron chi connectivity index (χ3n) is 3.52. The highest BCUT2D eigenvalue weighted by Crippen LogP contribution is 2.30. The predicted octanol–water partition coefficient (Wildman–Crippen LogP) is 4.42. The molecule has 0 spiro atoms. The van der Waals surface area contributed by atoms with Crippen LogP contribution in [0.2, 0.25) is 0 Å². The predicted molar refractivity (Wildman–Crippen MR) is 91.8 cm³/mol. The fourth-order valence-corrected chi connectivity index (χ4v) is 3.11. The first kappa shape index (κ1) is 16.4. The summed E-state index contributed by atoms with van der Waals surface area (Å²) in [5.74, 6) is -0.500. The van der Waals surface area contributed by atoms with Gasteiger partial charge in [0.05, 0.1) is 5.56 Å². The highest BCUT2D eigenvalue weighted by atomic mass is 79.9. The lowest BCUT2D eigenvalue weighted by molar-refractivity contribution is -0.131. The van der Waals surface area contributed by atoms with Crippen LogP contribution in [0.1, 0.15) is 12.5 Å². The van der Waals surface area contributed by atoms with Gasteiger partial charge in [-0.05, 0) is 35.4 Å². The monoisotopic (exact) mass is 390 g/mol. The molecule has 0 amide bonds. The Bertz CT molecular complexity index is 977. The van der Waals surface area contributed by atoms with E-state index < -0.39 is 17.4 Å². The molecule has 24 heavy (non-hydrogen) atoms. The van der Waals surface area contributed by atoms with E-state index in [0.29, 0.717) is 33.2 Å². The molecule has 0 aliphatic carbocycles. The Balaban J connectivity index is 2.18. The quantitative estimate of drug-likeness (QED) is 0.287. The van der Waals surface area contributed by atoms with Crippen LogP contribution < -0.4 is 10.4 Å². The van der Waals surface area contributed by atoms with Gasteiger partial charge in [-0.2, -0.15) is 0 Å². The molecular formula is C18H12BrFO4. The van der Waals surface area contributed by atoms with Gasteiger partial charge in [-0.15, -0.1) is 0 Å². The lowest BCUT2D eigenvalue weighted by atomic mass is 9.99. The zero-order valence-corrected chi connectivity index (χ0v) is 14.2. The van der Waals surface area contributed by atoms with Crippen LogP contribution in [0.15, 0.2) is 51.7 Å². The molecule has 0 N–H and O–H groups in total. The second-order valence-corrected chi connectivity index (χ2v) is 5.70. The average molecular weight is 391 g/mol. The van der Waals surface area contributed by atoms with Crippen molar-refractivity contribution >= 4 is 32.9 Å². The van der Waals surface area contributed by atoms with Crippen molar-refractivity contribution in [3.63, 3.8) is 0 Å². The van der Waals surface area contributed by atoms with Crippen LogP contribution in [0, 0.1) is 5.82 Å². The normalized spacial score (nSPS) is 10.8. The highest BCUT2D eigenvalue weighted by Gasteiger charge is 2.16. The van der Waals surface area contributed by atoms with E-state index in [1.54, 1.807) is 30.3 Å². The number of esters is 1. The molecule has 0 atom stereocenters. The van der Waals surface area contributed by atoms with E-state index >= 15 is 0 Å². The van der Waals surface area contributed by atoms with Gasteiger partial charge < -0.3 is 9.15 Å². The van der Waals surface area contributed by atoms with Crippen molar-refractivity contribution in [3.05, 3.63) is 64.3 Å². The molecule has 1 aromatic heterocycles. The second kappa shape index (κ2) is 6.57. The summed E-state index contributed by atoms with van der Waals surface area (Å²) >= 11 is 3.38. The Kier molecular flexibility index (Phi) is 4.49. The van der Waals surface area contributed by atoms with E-state index in [-0.39, 0.29) is 5.58 Å². The summed E-state index contributed by atoms with van der Waals surface area (Å²) in [6, 6.07) is 10.6. The summed E-state index contributed by atoms with van der Waals surface area (Å²) < 4.78 is 23.6. The van der Waals surface area contributed by atoms with Gasteiger partial charge in [-0.3, -0.25) is 4.79 Å². The van der Waals surface area contributed by atoms with Gasteiger partial charge in [0.2, 0.25) is 0 Å². The van der Waals surface area contributed by atoms with Crippen molar-refractivity contribution in [3.8, 4) is 16.9 Å². The standard InChI is InChI=1S/C18H12BrFO4/c1-10(21)23-13-5-2-11(3-6-13)17-15(9-19)14-7-4-12(20)8-16(14)24-18(17)22/h2-8H,9H2,1H3.